The summed E-state index contributed by atoms with van der Waals surface area (Å²) in [6.45, 7) is 36.5. The molecule has 73 heavy (non-hydrogen) atoms. The fraction of sp³-hybridized carbons (Fsp3) is 0.900. The third kappa shape index (κ3) is 20.8. The van der Waals surface area contributed by atoms with Gasteiger partial charge in [-0.3, -0.25) is 0 Å². The summed E-state index contributed by atoms with van der Waals surface area (Å²) in [5.41, 5.74) is -0.437. The summed E-state index contributed by atoms with van der Waals surface area (Å²) in [5.74, 6) is -5.10. The molecule has 6 rings (SSSR count). The van der Waals surface area contributed by atoms with Gasteiger partial charge in [-0.15, -0.1) is 0 Å². The smallest absolute Gasteiger partial charge is 0.550 e. The first kappa shape index (κ1) is 70.5. The molecule has 0 bridgehead atoms. The third-order valence-electron chi connectivity index (χ3n) is 18.9. The average molecular weight is 1110 g/mol. The topological polar surface area (TPSA) is 241 Å². The minimum absolute atomic E-state index is 0. The maximum Gasteiger partial charge on any atom is 6.00 e. The third-order valence-corrected chi connectivity index (χ3v) is 18.9. The van der Waals surface area contributed by atoms with Crippen LogP contribution in [0.2, 0.25) is 0 Å². The van der Waals surface area contributed by atoms with Gasteiger partial charge in [0.2, 0.25) is 0 Å². The molecule has 0 spiro atoms. The number of aliphatic carboxylic acids is 6. The first-order chi connectivity index (χ1) is 32.7. The number of carbonyl (C=O) groups excluding carboxylic acids is 6. The number of rotatable bonds is 6. The van der Waals surface area contributed by atoms with E-state index in [-0.39, 0.29) is 125 Å². The van der Waals surface area contributed by atoms with E-state index >= 15 is 0 Å². The summed E-state index contributed by atoms with van der Waals surface area (Å²) >= 11 is 0. The van der Waals surface area contributed by atoms with Crippen LogP contribution in [0.5, 0.6) is 0 Å². The Kier molecular flexibility index (Phi) is 28.3. The molecular weight excluding hydrogens is 1010 g/mol. The van der Waals surface area contributed by atoms with Crippen molar-refractivity contribution in [2.24, 2.45) is 104 Å². The molecule has 0 N–H and O–H groups in total. The van der Waals surface area contributed by atoms with Crippen LogP contribution in [0, 0.1) is 104 Å². The van der Waals surface area contributed by atoms with E-state index in [9.17, 15) is 59.4 Å². The van der Waals surface area contributed by atoms with Gasteiger partial charge in [0.1, 0.15) is 0 Å². The van der Waals surface area contributed by atoms with Crippen LogP contribution in [0.25, 0.3) is 0 Å². The minimum atomic E-state index is -0.868. The fourth-order valence-electron chi connectivity index (χ4n) is 15.1. The van der Waals surface area contributed by atoms with Crippen LogP contribution in [0.1, 0.15) is 240 Å². The number of hydrogen-bond acceptors (Lipinski definition) is 12. The maximum absolute atomic E-state index is 10.9. The van der Waals surface area contributed by atoms with Gasteiger partial charge in [0.05, 0.1) is 0 Å². The van der Waals surface area contributed by atoms with Crippen LogP contribution >= 0.6 is 0 Å². The molecule has 6 aliphatic rings. The summed E-state index contributed by atoms with van der Waals surface area (Å²) in [5, 5.41) is 65.2. The first-order valence-corrected chi connectivity index (χ1v) is 27.9. The predicted molar refractivity (Wildman–Crippen MR) is 272 cm³/mol. The summed E-state index contributed by atoms with van der Waals surface area (Å²) in [6.07, 6.45) is 19.1. The molecule has 12 unspecified atom stereocenters. The van der Waals surface area contributed by atoms with Gasteiger partial charge in [0.15, 0.2) is 0 Å². The molecule has 0 aromatic heterocycles. The molecule has 0 radical (unpaired) electrons. The van der Waals surface area contributed by atoms with Crippen molar-refractivity contribution in [1.29, 1.82) is 0 Å². The average Bonchev–Trinajstić information content (AvgIpc) is 3.16. The van der Waals surface area contributed by atoms with Gasteiger partial charge in [-0.25, -0.2) is 0 Å². The van der Waals surface area contributed by atoms with Crippen molar-refractivity contribution < 1.29 is 80.5 Å². The van der Waals surface area contributed by atoms with Crippen LogP contribution in [-0.2, 0) is 49.8 Å². The molecular formula is C60H102MoO12. The largest absolute Gasteiger partial charge is 6.00 e. The number of hydrogen-bond donors (Lipinski definition) is 0. The summed E-state index contributed by atoms with van der Waals surface area (Å²) in [4.78, 5) is 65.2. The minimum Gasteiger partial charge on any atom is -0.550 e. The SMILES string of the molecule is CC1CCCC(C)(C)C1C(=O)[O-].CC1CCCC(C)(C)C1C(=O)[O-].CC1CCCC(C)(C)C1C(=O)[O-].CC1CCCC(C)(C)C1C(=O)[O-].CC1CCCC(C)(C)C1C(=O)[O-].CC1CCCC(C)(C)C1C(=O)[O-].[Mo+6]. The van der Waals surface area contributed by atoms with E-state index < -0.39 is 35.8 Å². The summed E-state index contributed by atoms with van der Waals surface area (Å²) < 4.78 is 0. The van der Waals surface area contributed by atoms with Gasteiger partial charge in [-0.05, 0) is 107 Å². The molecule has 12 nitrogen and oxygen atoms in total. The Balaban J connectivity index is 0.000000850. The van der Waals surface area contributed by atoms with E-state index in [1.54, 1.807) is 0 Å². The van der Waals surface area contributed by atoms with Crippen molar-refractivity contribution in [3.63, 3.8) is 0 Å². The molecule has 0 aromatic rings. The molecule has 0 aromatic carbocycles. The van der Waals surface area contributed by atoms with Gasteiger partial charge >= 0.3 is 21.1 Å². The van der Waals surface area contributed by atoms with E-state index in [2.05, 4.69) is 0 Å². The number of carboxylic acid groups (broad SMARTS) is 6. The van der Waals surface area contributed by atoms with Crippen LogP contribution < -0.4 is 30.6 Å². The molecule has 6 saturated carbocycles. The van der Waals surface area contributed by atoms with Gasteiger partial charge in [-0.2, -0.15) is 0 Å². The van der Waals surface area contributed by atoms with Crippen LogP contribution in [-0.4, -0.2) is 35.8 Å². The van der Waals surface area contributed by atoms with Crippen LogP contribution in [0.15, 0.2) is 0 Å². The fourth-order valence-corrected chi connectivity index (χ4v) is 15.1. The number of carbonyl (C=O) groups is 6. The Bertz CT molecular complexity index is 1440. The van der Waals surface area contributed by atoms with E-state index in [1.165, 1.54) is 0 Å². The van der Waals surface area contributed by atoms with Crippen molar-refractivity contribution >= 4 is 35.8 Å². The normalized spacial score (nSPS) is 34.1. The van der Waals surface area contributed by atoms with Crippen molar-refractivity contribution in [3.05, 3.63) is 0 Å². The molecule has 0 saturated heterocycles. The second kappa shape index (κ2) is 29.3. The zero-order valence-electron chi connectivity index (χ0n) is 49.0. The Labute approximate surface area is 457 Å². The van der Waals surface area contributed by atoms with Gasteiger partial charge in [0.25, 0.3) is 0 Å². The van der Waals surface area contributed by atoms with E-state index in [4.69, 9.17) is 0 Å². The predicted octanol–water partition coefficient (Wildman–Crippen LogP) is 7.19. The molecule has 6 aliphatic carbocycles. The Hall–Kier alpha value is -2.49. The van der Waals surface area contributed by atoms with Crippen LogP contribution in [0.3, 0.4) is 0 Å². The summed E-state index contributed by atoms with van der Waals surface area (Å²) in [6, 6.07) is 0. The summed E-state index contributed by atoms with van der Waals surface area (Å²) in [7, 11) is 0. The first-order valence-electron chi connectivity index (χ1n) is 27.9. The Morgan fingerprint density at radius 3 is 0.411 bits per heavy atom. The Morgan fingerprint density at radius 2 is 0.356 bits per heavy atom. The van der Waals surface area contributed by atoms with Gasteiger partial charge in [-0.1, -0.05) is 202 Å². The van der Waals surface area contributed by atoms with Crippen LogP contribution in [0.4, 0.5) is 0 Å². The molecule has 0 heterocycles. The molecule has 0 aliphatic heterocycles. The Morgan fingerprint density at radius 1 is 0.260 bits per heavy atom. The van der Waals surface area contributed by atoms with E-state index in [0.717, 1.165) is 116 Å². The quantitative estimate of drug-likeness (QED) is 0.240. The molecule has 13 heteroatoms. The van der Waals surface area contributed by atoms with Gasteiger partial charge in [0, 0.05) is 71.3 Å². The number of carboxylic acids is 6. The second-order valence-corrected chi connectivity index (χ2v) is 27.9. The standard InChI is InChI=1S/6C10H18O2.Mo/c6*1-7-5-4-6-10(2,3)8(7)9(11)12;/h6*7-8H,4-6H2,1-3H3,(H,11,12);/q;;;;;;+6/p-6. The second-order valence-electron chi connectivity index (χ2n) is 27.9. The zero-order chi connectivity index (χ0) is 56.1. The molecule has 420 valence electrons. The van der Waals surface area contributed by atoms with Crippen molar-refractivity contribution in [2.75, 3.05) is 0 Å². The maximum atomic E-state index is 10.9. The van der Waals surface area contributed by atoms with Gasteiger partial charge < -0.3 is 59.4 Å². The zero-order valence-corrected chi connectivity index (χ0v) is 51.0. The molecule has 0 amide bonds. The molecule has 6 fully saturated rings. The monoisotopic (exact) mass is 1110 g/mol. The van der Waals surface area contributed by atoms with Crippen molar-refractivity contribution in [2.45, 2.75) is 240 Å². The van der Waals surface area contributed by atoms with Crippen molar-refractivity contribution in [1.82, 2.24) is 0 Å². The van der Waals surface area contributed by atoms with Crippen molar-refractivity contribution in [3.8, 4) is 0 Å². The van der Waals surface area contributed by atoms with E-state index in [1.807, 2.05) is 125 Å². The van der Waals surface area contributed by atoms with E-state index in [0.29, 0.717) is 0 Å². The molecule has 12 atom stereocenters.